The molecule has 0 radical (unpaired) electrons. The molecule has 23 heavy (non-hydrogen) atoms. The average molecular weight is 309 g/mol. The number of anilines is 2. The largest absolute Gasteiger partial charge is 0.334 e. The van der Waals surface area contributed by atoms with Crippen LogP contribution in [0.3, 0.4) is 0 Å². The molecule has 0 atom stereocenters. The smallest absolute Gasteiger partial charge is 0.198 e. The van der Waals surface area contributed by atoms with Crippen LogP contribution in [0.1, 0.15) is 25.0 Å². The molecule has 1 aliphatic carbocycles. The van der Waals surface area contributed by atoms with Crippen molar-refractivity contribution in [3.63, 3.8) is 0 Å². The number of rotatable bonds is 3. The van der Waals surface area contributed by atoms with Gasteiger partial charge >= 0.3 is 0 Å². The van der Waals surface area contributed by atoms with E-state index in [4.69, 9.17) is 0 Å². The first-order chi connectivity index (χ1) is 11.2. The van der Waals surface area contributed by atoms with Crippen LogP contribution in [0.25, 0.3) is 11.2 Å². The van der Waals surface area contributed by atoms with Gasteiger partial charge in [0.15, 0.2) is 17.2 Å². The Bertz CT molecular complexity index is 921. The van der Waals surface area contributed by atoms with Gasteiger partial charge in [0, 0.05) is 19.7 Å². The predicted octanol–water partition coefficient (Wildman–Crippen LogP) is 1.74. The minimum absolute atomic E-state index is 0.147. The Hall–Kier alpha value is -3.03. The zero-order valence-electron chi connectivity index (χ0n) is 12.6. The first-order valence-electron chi connectivity index (χ1n) is 7.39. The lowest BCUT2D eigenvalue weighted by atomic mass is 9.96. The van der Waals surface area contributed by atoms with Crippen molar-refractivity contribution in [2.45, 2.75) is 19.3 Å². The standard InChI is InChI=1S/C15H15N7O/c1-21-7-11(6-17-21)19-14-15-16-9-18-22(15)8-13(20-14)10-3-2-4-12(23)5-10/h5-9H,2-4H2,1H3,(H,19,20). The molecule has 0 bridgehead atoms. The minimum Gasteiger partial charge on any atom is -0.334 e. The van der Waals surface area contributed by atoms with Crippen LogP contribution in [-0.4, -0.2) is 35.1 Å². The molecule has 0 saturated heterocycles. The molecule has 8 nitrogen and oxygen atoms in total. The number of aromatic nitrogens is 6. The van der Waals surface area contributed by atoms with E-state index in [1.807, 2.05) is 13.2 Å². The number of nitrogens with zero attached hydrogens (tertiary/aromatic N) is 6. The van der Waals surface area contributed by atoms with Crippen molar-refractivity contribution in [1.29, 1.82) is 0 Å². The van der Waals surface area contributed by atoms with Crippen molar-refractivity contribution >= 4 is 28.5 Å². The number of hydrogen-bond donors (Lipinski definition) is 1. The topological polar surface area (TPSA) is 90.0 Å². The molecule has 0 spiro atoms. The summed E-state index contributed by atoms with van der Waals surface area (Å²) in [6.45, 7) is 0. The third kappa shape index (κ3) is 2.59. The molecular formula is C15H15N7O. The van der Waals surface area contributed by atoms with Gasteiger partial charge in [0.1, 0.15) is 6.33 Å². The van der Waals surface area contributed by atoms with Crippen molar-refractivity contribution < 1.29 is 4.79 Å². The van der Waals surface area contributed by atoms with E-state index in [-0.39, 0.29) is 5.78 Å². The highest BCUT2D eigenvalue weighted by Crippen LogP contribution is 2.26. The van der Waals surface area contributed by atoms with Crippen molar-refractivity contribution in [3.8, 4) is 0 Å². The zero-order valence-corrected chi connectivity index (χ0v) is 12.6. The van der Waals surface area contributed by atoms with Crippen LogP contribution in [0.15, 0.2) is 31.0 Å². The molecular weight excluding hydrogens is 294 g/mol. The van der Waals surface area contributed by atoms with Gasteiger partial charge in [-0.05, 0) is 24.5 Å². The number of ketones is 1. The molecule has 3 heterocycles. The normalized spacial score (nSPS) is 15.0. The molecule has 3 aromatic rings. The van der Waals surface area contributed by atoms with Gasteiger partial charge in [-0.2, -0.15) is 10.2 Å². The van der Waals surface area contributed by atoms with Crippen molar-refractivity contribution in [2.75, 3.05) is 5.32 Å². The Morgan fingerprint density at radius 2 is 2.13 bits per heavy atom. The molecule has 1 aliphatic rings. The Labute approximate surface area is 131 Å². The minimum atomic E-state index is 0.147. The van der Waals surface area contributed by atoms with Gasteiger partial charge in [0.05, 0.1) is 23.8 Å². The van der Waals surface area contributed by atoms with Gasteiger partial charge in [-0.3, -0.25) is 9.48 Å². The Kier molecular flexibility index (Phi) is 3.14. The van der Waals surface area contributed by atoms with E-state index >= 15 is 0 Å². The van der Waals surface area contributed by atoms with E-state index in [0.29, 0.717) is 17.9 Å². The molecule has 0 aromatic carbocycles. The summed E-state index contributed by atoms with van der Waals surface area (Å²) in [4.78, 5) is 20.6. The summed E-state index contributed by atoms with van der Waals surface area (Å²) in [5.74, 6) is 0.737. The second kappa shape index (κ2) is 5.31. The van der Waals surface area contributed by atoms with E-state index in [0.717, 1.165) is 29.8 Å². The summed E-state index contributed by atoms with van der Waals surface area (Å²) in [7, 11) is 1.85. The summed E-state index contributed by atoms with van der Waals surface area (Å²) < 4.78 is 3.37. The van der Waals surface area contributed by atoms with Crippen LogP contribution in [-0.2, 0) is 11.8 Å². The number of carbonyl (C=O) groups is 1. The fraction of sp³-hybridized carbons (Fsp3) is 0.267. The number of carbonyl (C=O) groups excluding carboxylic acids is 1. The van der Waals surface area contributed by atoms with Gasteiger partial charge in [-0.1, -0.05) is 0 Å². The number of allylic oxidation sites excluding steroid dienone is 2. The first-order valence-corrected chi connectivity index (χ1v) is 7.39. The second-order valence-electron chi connectivity index (χ2n) is 5.52. The van der Waals surface area contributed by atoms with Crippen molar-refractivity contribution in [1.82, 2.24) is 29.4 Å². The van der Waals surface area contributed by atoms with Crippen LogP contribution in [0, 0.1) is 0 Å². The van der Waals surface area contributed by atoms with Crippen LogP contribution >= 0.6 is 0 Å². The molecule has 0 amide bonds. The van der Waals surface area contributed by atoms with Gasteiger partial charge in [0.2, 0.25) is 0 Å². The van der Waals surface area contributed by atoms with E-state index in [9.17, 15) is 4.79 Å². The lowest BCUT2D eigenvalue weighted by molar-refractivity contribution is -0.114. The summed E-state index contributed by atoms with van der Waals surface area (Å²) in [6, 6.07) is 0. The third-order valence-electron chi connectivity index (χ3n) is 3.76. The predicted molar refractivity (Wildman–Crippen MR) is 84.1 cm³/mol. The maximum Gasteiger partial charge on any atom is 0.198 e. The molecule has 8 heteroatoms. The summed E-state index contributed by atoms with van der Waals surface area (Å²) >= 11 is 0. The van der Waals surface area contributed by atoms with E-state index < -0.39 is 0 Å². The van der Waals surface area contributed by atoms with E-state index in [2.05, 4.69) is 25.5 Å². The van der Waals surface area contributed by atoms with E-state index in [1.165, 1.54) is 6.33 Å². The lowest BCUT2D eigenvalue weighted by Crippen LogP contribution is -2.07. The fourth-order valence-corrected chi connectivity index (χ4v) is 2.68. The Morgan fingerprint density at radius 3 is 2.91 bits per heavy atom. The highest BCUT2D eigenvalue weighted by Gasteiger charge is 2.16. The van der Waals surface area contributed by atoms with Crippen LogP contribution in [0.2, 0.25) is 0 Å². The molecule has 0 unspecified atom stereocenters. The lowest BCUT2D eigenvalue weighted by Gasteiger charge is -2.13. The van der Waals surface area contributed by atoms with Crippen LogP contribution in [0.5, 0.6) is 0 Å². The van der Waals surface area contributed by atoms with Gasteiger partial charge in [0.25, 0.3) is 0 Å². The van der Waals surface area contributed by atoms with E-state index in [1.54, 1.807) is 27.7 Å². The van der Waals surface area contributed by atoms with Crippen molar-refractivity contribution in [3.05, 3.63) is 36.7 Å². The molecule has 0 aliphatic heterocycles. The third-order valence-corrected chi connectivity index (χ3v) is 3.76. The number of aryl methyl sites for hydroxylation is 1. The summed E-state index contributed by atoms with van der Waals surface area (Å²) in [5, 5.41) is 11.5. The average Bonchev–Trinajstić information content (AvgIpc) is 3.16. The summed E-state index contributed by atoms with van der Waals surface area (Å²) in [5.41, 5.74) is 3.12. The highest BCUT2D eigenvalue weighted by molar-refractivity contribution is 5.98. The highest BCUT2D eigenvalue weighted by atomic mass is 16.1. The number of nitrogens with one attached hydrogen (secondary N) is 1. The van der Waals surface area contributed by atoms with Gasteiger partial charge in [-0.25, -0.2) is 14.5 Å². The Morgan fingerprint density at radius 1 is 1.22 bits per heavy atom. The zero-order chi connectivity index (χ0) is 15.8. The Balaban J connectivity index is 1.79. The maximum absolute atomic E-state index is 11.7. The number of fused-ring (bicyclic) bond motifs is 1. The SMILES string of the molecule is Cn1cc(Nc2nc(C3=CC(=O)CCC3)cn3ncnc23)cn1. The molecule has 3 aromatic heterocycles. The van der Waals surface area contributed by atoms with Crippen LogP contribution in [0.4, 0.5) is 11.5 Å². The first kappa shape index (κ1) is 13.6. The molecule has 1 N–H and O–H groups in total. The monoisotopic (exact) mass is 309 g/mol. The molecule has 0 fully saturated rings. The number of hydrogen-bond acceptors (Lipinski definition) is 6. The summed E-state index contributed by atoms with van der Waals surface area (Å²) in [6.07, 6.45) is 10.8. The van der Waals surface area contributed by atoms with Gasteiger partial charge in [-0.15, -0.1) is 0 Å². The van der Waals surface area contributed by atoms with Crippen LogP contribution < -0.4 is 5.32 Å². The maximum atomic E-state index is 11.7. The van der Waals surface area contributed by atoms with Crippen molar-refractivity contribution in [2.24, 2.45) is 7.05 Å². The molecule has 116 valence electrons. The molecule has 0 saturated carbocycles. The molecule has 4 rings (SSSR count). The second-order valence-corrected chi connectivity index (χ2v) is 5.52. The van der Waals surface area contributed by atoms with Gasteiger partial charge < -0.3 is 5.32 Å². The quantitative estimate of drug-likeness (QED) is 0.792. The fourth-order valence-electron chi connectivity index (χ4n) is 2.68.